The average molecular weight is 197 g/mol. The summed E-state index contributed by atoms with van der Waals surface area (Å²) >= 11 is 0. The van der Waals surface area contributed by atoms with Crippen LogP contribution in [0.1, 0.15) is 19.5 Å². The molecule has 0 unspecified atom stereocenters. The topological polar surface area (TPSA) is 68.8 Å². The largest absolute Gasteiger partial charge is 0.325 e. The first-order valence-electron chi connectivity index (χ1n) is 5.02. The number of hydrogen-bond acceptors (Lipinski definition) is 4. The van der Waals surface area contributed by atoms with Crippen LogP contribution in [0.15, 0.2) is 6.20 Å². The maximum absolute atomic E-state index is 5.43. The molecule has 1 heterocycles. The number of hydrogen-bond donors (Lipinski definition) is 2. The normalized spacial score (nSPS) is 11.1. The number of nitrogens with one attached hydrogen (secondary N) is 1. The van der Waals surface area contributed by atoms with Crippen LogP contribution in [0, 0.1) is 5.92 Å². The summed E-state index contributed by atoms with van der Waals surface area (Å²) in [6.45, 7) is 7.65. The zero-order chi connectivity index (χ0) is 10.4. The van der Waals surface area contributed by atoms with Gasteiger partial charge in [0, 0.05) is 19.3 Å². The molecule has 0 aliphatic carbocycles. The predicted octanol–water partition coefficient (Wildman–Crippen LogP) is -0.0176. The highest BCUT2D eigenvalue weighted by atomic mass is 15.4. The molecule has 14 heavy (non-hydrogen) atoms. The molecule has 0 atom stereocenters. The second-order valence-electron chi connectivity index (χ2n) is 3.78. The van der Waals surface area contributed by atoms with Crippen molar-refractivity contribution >= 4 is 0 Å². The second kappa shape index (κ2) is 5.72. The Morgan fingerprint density at radius 2 is 2.36 bits per heavy atom. The highest BCUT2D eigenvalue weighted by Gasteiger charge is 1.98. The molecule has 0 aliphatic heterocycles. The number of nitrogens with two attached hydrogens (primary N) is 1. The van der Waals surface area contributed by atoms with E-state index in [4.69, 9.17) is 5.73 Å². The Balaban J connectivity index is 2.18. The van der Waals surface area contributed by atoms with Crippen LogP contribution in [0.3, 0.4) is 0 Å². The summed E-state index contributed by atoms with van der Waals surface area (Å²) in [7, 11) is 0. The first kappa shape index (κ1) is 11.1. The van der Waals surface area contributed by atoms with E-state index in [-0.39, 0.29) is 0 Å². The first-order chi connectivity index (χ1) is 6.72. The summed E-state index contributed by atoms with van der Waals surface area (Å²) in [5.74, 6) is 0.686. The first-order valence-corrected chi connectivity index (χ1v) is 5.02. The van der Waals surface area contributed by atoms with Crippen molar-refractivity contribution in [1.29, 1.82) is 0 Å². The van der Waals surface area contributed by atoms with Gasteiger partial charge in [-0.1, -0.05) is 19.1 Å². The lowest BCUT2D eigenvalue weighted by Crippen LogP contribution is -2.24. The highest BCUT2D eigenvalue weighted by Crippen LogP contribution is 1.90. The third-order valence-electron chi connectivity index (χ3n) is 1.87. The monoisotopic (exact) mass is 197 g/mol. The third-order valence-corrected chi connectivity index (χ3v) is 1.87. The van der Waals surface area contributed by atoms with Crippen molar-refractivity contribution in [2.24, 2.45) is 11.7 Å². The Labute approximate surface area is 84.7 Å². The van der Waals surface area contributed by atoms with Gasteiger partial charge in [0.1, 0.15) is 0 Å². The molecule has 1 aromatic rings. The Bertz CT molecular complexity index is 255. The molecule has 80 valence electrons. The van der Waals surface area contributed by atoms with Crippen LogP contribution >= 0.6 is 0 Å². The Hall–Kier alpha value is -0.940. The molecule has 0 saturated carbocycles. The van der Waals surface area contributed by atoms with Gasteiger partial charge in [0.05, 0.1) is 12.2 Å². The minimum Gasteiger partial charge on any atom is -0.325 e. The fraction of sp³-hybridized carbons (Fsp3) is 0.778. The van der Waals surface area contributed by atoms with Crippen LogP contribution in [-0.4, -0.2) is 28.1 Å². The van der Waals surface area contributed by atoms with Crippen molar-refractivity contribution in [2.45, 2.75) is 26.9 Å². The van der Waals surface area contributed by atoms with Gasteiger partial charge in [-0.05, 0) is 12.5 Å². The van der Waals surface area contributed by atoms with Crippen LogP contribution < -0.4 is 11.1 Å². The zero-order valence-corrected chi connectivity index (χ0v) is 8.90. The van der Waals surface area contributed by atoms with E-state index in [0.717, 1.165) is 25.3 Å². The molecule has 1 aromatic heterocycles. The SMILES string of the molecule is CC(C)CNCCn1cc(CN)nn1. The maximum Gasteiger partial charge on any atom is 0.0962 e. The van der Waals surface area contributed by atoms with Gasteiger partial charge in [0.25, 0.3) is 0 Å². The fourth-order valence-corrected chi connectivity index (χ4v) is 1.13. The number of rotatable bonds is 6. The summed E-state index contributed by atoms with van der Waals surface area (Å²) < 4.78 is 1.82. The highest BCUT2D eigenvalue weighted by molar-refractivity contribution is 4.90. The molecule has 0 aromatic carbocycles. The van der Waals surface area contributed by atoms with Gasteiger partial charge in [-0.2, -0.15) is 0 Å². The quantitative estimate of drug-likeness (QED) is 0.629. The van der Waals surface area contributed by atoms with Crippen molar-refractivity contribution in [3.8, 4) is 0 Å². The molecular weight excluding hydrogens is 178 g/mol. The number of nitrogens with zero attached hydrogens (tertiary/aromatic N) is 3. The summed E-state index contributed by atoms with van der Waals surface area (Å²) in [6, 6.07) is 0. The van der Waals surface area contributed by atoms with E-state index in [1.807, 2.05) is 10.9 Å². The van der Waals surface area contributed by atoms with Crippen molar-refractivity contribution in [2.75, 3.05) is 13.1 Å². The average Bonchev–Trinajstić information content (AvgIpc) is 2.60. The molecule has 3 N–H and O–H groups in total. The molecule has 0 amide bonds. The summed E-state index contributed by atoms with van der Waals surface area (Å²) in [5.41, 5.74) is 6.27. The minimum absolute atomic E-state index is 0.458. The molecule has 0 spiro atoms. The Morgan fingerprint density at radius 1 is 1.57 bits per heavy atom. The van der Waals surface area contributed by atoms with Crippen LogP contribution in [0.5, 0.6) is 0 Å². The lowest BCUT2D eigenvalue weighted by Gasteiger charge is -2.06. The van der Waals surface area contributed by atoms with Crippen LogP contribution in [0.2, 0.25) is 0 Å². The van der Waals surface area contributed by atoms with Crippen LogP contribution in [0.4, 0.5) is 0 Å². The fourth-order valence-electron chi connectivity index (χ4n) is 1.13. The van der Waals surface area contributed by atoms with Crippen LogP contribution in [-0.2, 0) is 13.1 Å². The molecular formula is C9H19N5. The van der Waals surface area contributed by atoms with E-state index >= 15 is 0 Å². The van der Waals surface area contributed by atoms with E-state index in [0.29, 0.717) is 12.5 Å². The molecule has 0 bridgehead atoms. The smallest absolute Gasteiger partial charge is 0.0962 e. The molecule has 0 fully saturated rings. The molecule has 1 rings (SSSR count). The lowest BCUT2D eigenvalue weighted by molar-refractivity contribution is 0.499. The molecule has 0 saturated heterocycles. The third kappa shape index (κ3) is 3.85. The summed E-state index contributed by atoms with van der Waals surface area (Å²) in [6.07, 6.45) is 1.89. The van der Waals surface area contributed by atoms with Gasteiger partial charge >= 0.3 is 0 Å². The zero-order valence-electron chi connectivity index (χ0n) is 8.90. The second-order valence-corrected chi connectivity index (χ2v) is 3.78. The lowest BCUT2D eigenvalue weighted by atomic mass is 10.2. The van der Waals surface area contributed by atoms with Gasteiger partial charge in [-0.25, -0.2) is 0 Å². The van der Waals surface area contributed by atoms with Crippen molar-refractivity contribution < 1.29 is 0 Å². The van der Waals surface area contributed by atoms with Gasteiger partial charge in [0.2, 0.25) is 0 Å². The number of aromatic nitrogens is 3. The van der Waals surface area contributed by atoms with E-state index < -0.39 is 0 Å². The van der Waals surface area contributed by atoms with Crippen LogP contribution in [0.25, 0.3) is 0 Å². The standard InChI is InChI=1S/C9H19N5/c1-8(2)6-11-3-4-14-7-9(5-10)12-13-14/h7-8,11H,3-6,10H2,1-2H3. The summed E-state index contributed by atoms with van der Waals surface area (Å²) in [5, 5.41) is 11.2. The Morgan fingerprint density at radius 3 is 2.93 bits per heavy atom. The molecule has 0 radical (unpaired) electrons. The van der Waals surface area contributed by atoms with Gasteiger partial charge in [0.15, 0.2) is 0 Å². The molecule has 5 nitrogen and oxygen atoms in total. The predicted molar refractivity (Wildman–Crippen MR) is 55.6 cm³/mol. The van der Waals surface area contributed by atoms with Gasteiger partial charge in [-0.15, -0.1) is 5.10 Å². The maximum atomic E-state index is 5.43. The van der Waals surface area contributed by atoms with Gasteiger partial charge in [-0.3, -0.25) is 4.68 Å². The molecule has 0 aliphatic rings. The van der Waals surface area contributed by atoms with E-state index in [2.05, 4.69) is 29.5 Å². The van der Waals surface area contributed by atoms with Gasteiger partial charge < -0.3 is 11.1 Å². The van der Waals surface area contributed by atoms with E-state index in [9.17, 15) is 0 Å². The van der Waals surface area contributed by atoms with Crippen molar-refractivity contribution in [3.63, 3.8) is 0 Å². The van der Waals surface area contributed by atoms with Crippen molar-refractivity contribution in [3.05, 3.63) is 11.9 Å². The van der Waals surface area contributed by atoms with E-state index in [1.54, 1.807) is 0 Å². The summed E-state index contributed by atoms with van der Waals surface area (Å²) in [4.78, 5) is 0. The Kier molecular flexibility index (Phi) is 4.55. The van der Waals surface area contributed by atoms with E-state index in [1.165, 1.54) is 0 Å². The minimum atomic E-state index is 0.458. The molecule has 5 heteroatoms. The van der Waals surface area contributed by atoms with Crippen molar-refractivity contribution in [1.82, 2.24) is 20.3 Å².